The first-order valence-electron chi connectivity index (χ1n) is 5.89. The highest BCUT2D eigenvalue weighted by Gasteiger charge is 2.07. The van der Waals surface area contributed by atoms with Gasteiger partial charge in [0.15, 0.2) is 5.13 Å². The first-order chi connectivity index (χ1) is 8.16. The summed E-state index contributed by atoms with van der Waals surface area (Å²) in [5, 5.41) is 4.44. The van der Waals surface area contributed by atoms with Crippen LogP contribution >= 0.6 is 11.3 Å². The summed E-state index contributed by atoms with van der Waals surface area (Å²) in [6, 6.07) is 10.6. The van der Waals surface area contributed by atoms with E-state index in [9.17, 15) is 0 Å². The summed E-state index contributed by atoms with van der Waals surface area (Å²) >= 11 is 1.73. The van der Waals surface area contributed by atoms with Gasteiger partial charge in [0.1, 0.15) is 0 Å². The number of rotatable bonds is 4. The van der Waals surface area contributed by atoms with E-state index in [4.69, 9.17) is 0 Å². The van der Waals surface area contributed by atoms with Gasteiger partial charge in [0.2, 0.25) is 0 Å². The molecule has 1 heterocycles. The molecule has 0 radical (unpaired) electrons. The lowest BCUT2D eigenvalue weighted by Crippen LogP contribution is -2.09. The fourth-order valence-corrected chi connectivity index (χ4v) is 2.51. The summed E-state index contributed by atoms with van der Waals surface area (Å²) < 4.78 is 0. The van der Waals surface area contributed by atoms with Crippen LogP contribution in [0.4, 0.5) is 5.13 Å². The monoisotopic (exact) mass is 246 g/mol. The van der Waals surface area contributed by atoms with Crippen molar-refractivity contribution in [2.24, 2.45) is 0 Å². The third kappa shape index (κ3) is 3.07. The zero-order valence-corrected chi connectivity index (χ0v) is 11.3. The third-order valence-corrected chi connectivity index (χ3v) is 3.99. The number of hydrogen-bond donors (Lipinski definition) is 1. The van der Waals surface area contributed by atoms with Crippen molar-refractivity contribution in [2.75, 3.05) is 11.9 Å². The maximum atomic E-state index is 4.48. The second-order valence-corrected chi connectivity index (χ2v) is 5.56. The standard InChI is InChI=1S/C14H18N2S/c1-10(13-7-5-4-6-8-13)9-15-14-16-11(2)12(3)17-14/h4-8,10H,9H2,1-3H3,(H,15,16). The minimum absolute atomic E-state index is 0.501. The first kappa shape index (κ1) is 12.1. The molecular weight excluding hydrogens is 228 g/mol. The van der Waals surface area contributed by atoms with Crippen molar-refractivity contribution in [3.05, 3.63) is 46.5 Å². The van der Waals surface area contributed by atoms with Gasteiger partial charge >= 0.3 is 0 Å². The van der Waals surface area contributed by atoms with Gasteiger partial charge in [-0.3, -0.25) is 0 Å². The van der Waals surface area contributed by atoms with E-state index in [1.54, 1.807) is 11.3 Å². The van der Waals surface area contributed by atoms with E-state index in [0.29, 0.717) is 5.92 Å². The molecule has 3 heteroatoms. The van der Waals surface area contributed by atoms with Crippen LogP contribution < -0.4 is 5.32 Å². The number of anilines is 1. The summed E-state index contributed by atoms with van der Waals surface area (Å²) in [6.07, 6.45) is 0. The molecule has 0 bridgehead atoms. The van der Waals surface area contributed by atoms with Gasteiger partial charge in [-0.1, -0.05) is 37.3 Å². The molecule has 1 aromatic heterocycles. The molecule has 0 saturated heterocycles. The summed E-state index contributed by atoms with van der Waals surface area (Å²) in [7, 11) is 0. The van der Waals surface area contributed by atoms with Crippen LogP contribution in [0.2, 0.25) is 0 Å². The molecule has 0 aliphatic heterocycles. The molecule has 0 aliphatic carbocycles. The second-order valence-electron chi connectivity index (χ2n) is 4.35. The Hall–Kier alpha value is -1.35. The molecule has 0 fully saturated rings. The van der Waals surface area contributed by atoms with E-state index in [0.717, 1.165) is 17.4 Å². The van der Waals surface area contributed by atoms with Crippen LogP contribution in [-0.4, -0.2) is 11.5 Å². The van der Waals surface area contributed by atoms with Crippen molar-refractivity contribution in [3.63, 3.8) is 0 Å². The minimum Gasteiger partial charge on any atom is -0.361 e. The summed E-state index contributed by atoms with van der Waals surface area (Å²) in [5.74, 6) is 0.501. The van der Waals surface area contributed by atoms with Crippen molar-refractivity contribution in [1.29, 1.82) is 0 Å². The molecule has 2 nitrogen and oxygen atoms in total. The highest BCUT2D eigenvalue weighted by molar-refractivity contribution is 7.15. The lowest BCUT2D eigenvalue weighted by atomic mass is 10.0. The molecule has 2 aromatic rings. The average molecular weight is 246 g/mol. The average Bonchev–Trinajstić information content (AvgIpc) is 2.67. The molecule has 1 N–H and O–H groups in total. The number of aryl methyl sites for hydroxylation is 2. The summed E-state index contributed by atoms with van der Waals surface area (Å²) in [4.78, 5) is 5.77. The first-order valence-corrected chi connectivity index (χ1v) is 6.71. The second kappa shape index (κ2) is 5.32. The highest BCUT2D eigenvalue weighted by atomic mass is 32.1. The van der Waals surface area contributed by atoms with Crippen molar-refractivity contribution in [1.82, 2.24) is 4.98 Å². The molecular formula is C14H18N2S. The SMILES string of the molecule is Cc1nc(NCC(C)c2ccccc2)sc1C. The van der Waals surface area contributed by atoms with Crippen LogP contribution in [0, 0.1) is 13.8 Å². The van der Waals surface area contributed by atoms with E-state index in [2.05, 4.69) is 61.4 Å². The lowest BCUT2D eigenvalue weighted by molar-refractivity contribution is 0.803. The predicted molar refractivity (Wildman–Crippen MR) is 74.9 cm³/mol. The zero-order chi connectivity index (χ0) is 12.3. The molecule has 1 unspecified atom stereocenters. The van der Waals surface area contributed by atoms with Gasteiger partial charge in [-0.05, 0) is 25.3 Å². The molecule has 0 saturated carbocycles. The number of thiazole rings is 1. The number of nitrogens with one attached hydrogen (secondary N) is 1. The highest BCUT2D eigenvalue weighted by Crippen LogP contribution is 2.22. The lowest BCUT2D eigenvalue weighted by Gasteiger charge is -2.12. The Labute approximate surface area is 107 Å². The Morgan fingerprint density at radius 2 is 1.94 bits per heavy atom. The maximum Gasteiger partial charge on any atom is 0.183 e. The van der Waals surface area contributed by atoms with Gasteiger partial charge in [0, 0.05) is 11.4 Å². The van der Waals surface area contributed by atoms with Crippen LogP contribution in [0.1, 0.15) is 29.0 Å². The van der Waals surface area contributed by atoms with Gasteiger partial charge in [-0.25, -0.2) is 4.98 Å². The normalized spacial score (nSPS) is 12.4. The summed E-state index contributed by atoms with van der Waals surface area (Å²) in [5.41, 5.74) is 2.50. The topological polar surface area (TPSA) is 24.9 Å². The Kier molecular flexibility index (Phi) is 3.79. The molecule has 1 aromatic carbocycles. The molecule has 0 spiro atoms. The molecule has 0 aliphatic rings. The fraction of sp³-hybridized carbons (Fsp3) is 0.357. The number of hydrogen-bond acceptors (Lipinski definition) is 3. The van der Waals surface area contributed by atoms with Crippen molar-refractivity contribution in [3.8, 4) is 0 Å². The fourth-order valence-electron chi connectivity index (χ4n) is 1.69. The van der Waals surface area contributed by atoms with Crippen molar-refractivity contribution in [2.45, 2.75) is 26.7 Å². The Morgan fingerprint density at radius 3 is 2.53 bits per heavy atom. The van der Waals surface area contributed by atoms with Crippen LogP contribution in [-0.2, 0) is 0 Å². The van der Waals surface area contributed by atoms with Gasteiger partial charge in [-0.2, -0.15) is 0 Å². The maximum absolute atomic E-state index is 4.48. The van der Waals surface area contributed by atoms with Crippen LogP contribution in [0.3, 0.4) is 0 Å². The van der Waals surface area contributed by atoms with Crippen LogP contribution in [0.25, 0.3) is 0 Å². The van der Waals surface area contributed by atoms with E-state index >= 15 is 0 Å². The number of aromatic nitrogens is 1. The quantitative estimate of drug-likeness (QED) is 0.882. The zero-order valence-electron chi connectivity index (χ0n) is 10.5. The molecule has 0 amide bonds. The van der Waals surface area contributed by atoms with Gasteiger partial charge in [0.05, 0.1) is 5.69 Å². The largest absolute Gasteiger partial charge is 0.361 e. The van der Waals surface area contributed by atoms with Crippen molar-refractivity contribution >= 4 is 16.5 Å². The van der Waals surface area contributed by atoms with Gasteiger partial charge in [-0.15, -0.1) is 11.3 Å². The van der Waals surface area contributed by atoms with Crippen LogP contribution in [0.5, 0.6) is 0 Å². The van der Waals surface area contributed by atoms with Gasteiger partial charge in [0.25, 0.3) is 0 Å². The van der Waals surface area contributed by atoms with E-state index in [1.807, 2.05) is 0 Å². The Bertz CT molecular complexity index is 457. The van der Waals surface area contributed by atoms with Crippen LogP contribution in [0.15, 0.2) is 30.3 Å². The third-order valence-electron chi connectivity index (χ3n) is 2.96. The van der Waals surface area contributed by atoms with E-state index in [-0.39, 0.29) is 0 Å². The van der Waals surface area contributed by atoms with Crippen molar-refractivity contribution < 1.29 is 0 Å². The van der Waals surface area contributed by atoms with Gasteiger partial charge < -0.3 is 5.32 Å². The smallest absolute Gasteiger partial charge is 0.183 e. The number of benzene rings is 1. The Morgan fingerprint density at radius 1 is 1.24 bits per heavy atom. The van der Waals surface area contributed by atoms with E-state index < -0.39 is 0 Å². The van der Waals surface area contributed by atoms with E-state index in [1.165, 1.54) is 10.4 Å². The Balaban J connectivity index is 1.94. The molecule has 17 heavy (non-hydrogen) atoms. The molecule has 90 valence electrons. The predicted octanol–water partition coefficient (Wildman–Crippen LogP) is 3.98. The number of nitrogens with zero attached hydrogens (tertiary/aromatic N) is 1. The minimum atomic E-state index is 0.501. The molecule has 2 rings (SSSR count). The molecule has 1 atom stereocenters. The summed E-state index contributed by atoms with van der Waals surface area (Å²) in [6.45, 7) is 7.32.